The molecule has 0 spiro atoms. The Balaban J connectivity index is 0.00000588. The maximum atomic E-state index is 13.3. The molecule has 0 aliphatic heterocycles. The molecule has 3 N–H and O–H groups in total. The lowest BCUT2D eigenvalue weighted by atomic mass is 10.00. The Kier molecular flexibility index (Phi) is 13.7. The van der Waals surface area contributed by atoms with Gasteiger partial charge in [-0.2, -0.15) is 0 Å². The van der Waals surface area contributed by atoms with Crippen LogP contribution in [0.25, 0.3) is 0 Å². The Hall–Kier alpha value is -3.49. The van der Waals surface area contributed by atoms with E-state index in [4.69, 9.17) is 9.26 Å². The van der Waals surface area contributed by atoms with E-state index < -0.39 is 44.1 Å². The van der Waals surface area contributed by atoms with Crippen molar-refractivity contribution in [3.8, 4) is 0 Å². The molecule has 3 aromatic rings. The second kappa shape index (κ2) is 16.7. The second-order valence-electron chi connectivity index (χ2n) is 9.73. The number of ether oxygens (including phenoxy) is 1. The summed E-state index contributed by atoms with van der Waals surface area (Å²) in [4.78, 5) is 49.4. The minimum atomic E-state index is -4.25. The molecular weight excluding hydrogens is 567 g/mol. The zero-order valence-corrected chi connectivity index (χ0v) is 24.7. The standard InChI is InChI=1S/C30H35N2O7P.ClH/c1-22(2)18-27(32-30(35)38-20-24-14-8-4-9-15-24)29(34)31-26(19-23-12-6-3-7-13-23)28(33)21-39-40(36,37)25-16-10-5-11-17-25;/h3-17,22,26-27H,18-21H2,1-2H3,(H,31,34)(H,32,35)(H,36,37);1H/t26-,27-;/m0./s1. The van der Waals surface area contributed by atoms with E-state index in [2.05, 4.69) is 10.6 Å². The van der Waals surface area contributed by atoms with Crippen LogP contribution in [0, 0.1) is 5.92 Å². The van der Waals surface area contributed by atoms with Crippen LogP contribution in [0.4, 0.5) is 4.79 Å². The van der Waals surface area contributed by atoms with Gasteiger partial charge in [0.1, 0.15) is 19.3 Å². The molecule has 220 valence electrons. The number of carbonyl (C=O) groups is 3. The van der Waals surface area contributed by atoms with E-state index in [0.29, 0.717) is 6.42 Å². The highest BCUT2D eigenvalue weighted by atomic mass is 35.5. The van der Waals surface area contributed by atoms with Crippen LogP contribution < -0.4 is 15.9 Å². The minimum absolute atomic E-state index is 0. The largest absolute Gasteiger partial charge is 0.445 e. The normalized spacial score (nSPS) is 13.7. The molecule has 0 aromatic heterocycles. The smallest absolute Gasteiger partial charge is 0.408 e. The molecule has 0 saturated carbocycles. The monoisotopic (exact) mass is 602 g/mol. The molecule has 41 heavy (non-hydrogen) atoms. The SMILES string of the molecule is CC(C)C[C@H](NC(=O)OCc1ccccc1)C(=O)N[C@@H](Cc1ccccc1)C(=O)COP(=O)(O)c1ccccc1.Cl. The minimum Gasteiger partial charge on any atom is -0.445 e. The number of hydrogen-bond acceptors (Lipinski definition) is 6. The third-order valence-electron chi connectivity index (χ3n) is 5.98. The number of amides is 2. The Labute approximate surface area is 246 Å². The van der Waals surface area contributed by atoms with Gasteiger partial charge < -0.3 is 20.3 Å². The fourth-order valence-electron chi connectivity index (χ4n) is 3.92. The molecule has 0 aliphatic rings. The molecule has 3 rings (SSSR count). The van der Waals surface area contributed by atoms with Crippen LogP contribution in [0.3, 0.4) is 0 Å². The van der Waals surface area contributed by atoms with Gasteiger partial charge in [0.25, 0.3) is 0 Å². The third-order valence-corrected chi connectivity index (χ3v) is 7.41. The number of Topliss-reactive ketones (excluding diaryl/α,β-unsaturated/α-hetero) is 1. The molecular formula is C30H36ClN2O7P. The number of carbonyl (C=O) groups excluding carboxylic acids is 3. The molecule has 2 amide bonds. The highest BCUT2D eigenvalue weighted by molar-refractivity contribution is 7.61. The van der Waals surface area contributed by atoms with Crippen LogP contribution >= 0.6 is 20.0 Å². The number of benzene rings is 3. The van der Waals surface area contributed by atoms with Gasteiger partial charge in [0.15, 0.2) is 5.78 Å². The maximum absolute atomic E-state index is 13.3. The molecule has 1 unspecified atom stereocenters. The molecule has 0 fully saturated rings. The first kappa shape index (κ1) is 33.7. The highest BCUT2D eigenvalue weighted by Gasteiger charge is 2.30. The van der Waals surface area contributed by atoms with E-state index in [9.17, 15) is 23.8 Å². The van der Waals surface area contributed by atoms with Crippen LogP contribution in [0.5, 0.6) is 0 Å². The summed E-state index contributed by atoms with van der Waals surface area (Å²) < 4.78 is 23.1. The van der Waals surface area contributed by atoms with Gasteiger partial charge in [-0.25, -0.2) is 4.79 Å². The van der Waals surface area contributed by atoms with Crippen LogP contribution in [-0.4, -0.2) is 41.4 Å². The number of rotatable bonds is 14. The molecule has 0 aliphatic carbocycles. The summed E-state index contributed by atoms with van der Waals surface area (Å²) in [5.41, 5.74) is 1.57. The van der Waals surface area contributed by atoms with Crippen molar-refractivity contribution in [3.63, 3.8) is 0 Å². The van der Waals surface area contributed by atoms with Crippen LogP contribution in [0.2, 0.25) is 0 Å². The van der Waals surface area contributed by atoms with Crippen molar-refractivity contribution in [2.45, 2.75) is 45.4 Å². The number of nitrogens with one attached hydrogen (secondary N) is 2. The summed E-state index contributed by atoms with van der Waals surface area (Å²) in [6.45, 7) is 3.15. The number of ketones is 1. The third kappa shape index (κ3) is 11.5. The Morgan fingerprint density at radius 2 is 1.34 bits per heavy atom. The first-order valence-corrected chi connectivity index (χ1v) is 14.6. The first-order valence-electron chi connectivity index (χ1n) is 13.0. The van der Waals surface area contributed by atoms with Crippen molar-refractivity contribution in [1.29, 1.82) is 0 Å². The van der Waals surface area contributed by atoms with Gasteiger partial charge >= 0.3 is 13.7 Å². The van der Waals surface area contributed by atoms with E-state index in [-0.39, 0.29) is 36.7 Å². The van der Waals surface area contributed by atoms with Crippen molar-refractivity contribution < 1.29 is 33.1 Å². The number of halogens is 1. The van der Waals surface area contributed by atoms with Crippen molar-refractivity contribution in [3.05, 3.63) is 102 Å². The lowest BCUT2D eigenvalue weighted by Crippen LogP contribution is -2.53. The zero-order chi connectivity index (χ0) is 29.0. The van der Waals surface area contributed by atoms with Crippen molar-refractivity contribution in [2.24, 2.45) is 5.92 Å². The van der Waals surface area contributed by atoms with Gasteiger partial charge in [0.05, 0.1) is 11.3 Å². The Morgan fingerprint density at radius 1 is 0.805 bits per heavy atom. The van der Waals surface area contributed by atoms with E-state index in [1.165, 1.54) is 12.1 Å². The highest BCUT2D eigenvalue weighted by Crippen LogP contribution is 2.40. The molecule has 9 nitrogen and oxygen atoms in total. The fraction of sp³-hybridized carbons (Fsp3) is 0.300. The summed E-state index contributed by atoms with van der Waals surface area (Å²) in [6, 6.07) is 23.9. The molecule has 11 heteroatoms. The quantitative estimate of drug-likeness (QED) is 0.230. The van der Waals surface area contributed by atoms with Gasteiger partial charge in [-0.05, 0) is 42.0 Å². The van der Waals surface area contributed by atoms with Gasteiger partial charge in [-0.3, -0.25) is 18.7 Å². The van der Waals surface area contributed by atoms with Crippen LogP contribution in [-0.2, 0) is 36.4 Å². The molecule has 0 heterocycles. The fourth-order valence-corrected chi connectivity index (χ4v) is 4.92. The van der Waals surface area contributed by atoms with E-state index in [1.807, 2.05) is 50.2 Å². The van der Waals surface area contributed by atoms with Gasteiger partial charge in [0, 0.05) is 0 Å². The second-order valence-corrected chi connectivity index (χ2v) is 11.6. The van der Waals surface area contributed by atoms with Crippen molar-refractivity contribution in [1.82, 2.24) is 10.6 Å². The Morgan fingerprint density at radius 3 is 1.90 bits per heavy atom. The van der Waals surface area contributed by atoms with E-state index in [0.717, 1.165) is 11.1 Å². The average molecular weight is 603 g/mol. The topological polar surface area (TPSA) is 131 Å². The van der Waals surface area contributed by atoms with E-state index in [1.54, 1.807) is 42.5 Å². The van der Waals surface area contributed by atoms with Crippen LogP contribution in [0.15, 0.2) is 91.0 Å². The first-order chi connectivity index (χ1) is 19.1. The number of alkyl carbamates (subject to hydrolysis) is 1. The summed E-state index contributed by atoms with van der Waals surface area (Å²) in [5, 5.41) is 5.38. The molecule has 3 aromatic carbocycles. The summed E-state index contributed by atoms with van der Waals surface area (Å²) >= 11 is 0. The van der Waals surface area contributed by atoms with Crippen LogP contribution in [0.1, 0.15) is 31.4 Å². The predicted molar refractivity (Wildman–Crippen MR) is 159 cm³/mol. The lowest BCUT2D eigenvalue weighted by Gasteiger charge is -2.24. The summed E-state index contributed by atoms with van der Waals surface area (Å²) in [5.74, 6) is -1.12. The molecule has 3 atom stereocenters. The van der Waals surface area contributed by atoms with E-state index >= 15 is 0 Å². The van der Waals surface area contributed by atoms with Crippen molar-refractivity contribution >= 4 is 43.1 Å². The van der Waals surface area contributed by atoms with Gasteiger partial charge in [0.2, 0.25) is 5.91 Å². The average Bonchev–Trinajstić information content (AvgIpc) is 2.95. The van der Waals surface area contributed by atoms with Gasteiger partial charge in [-0.15, -0.1) is 12.4 Å². The Bertz CT molecular complexity index is 1290. The molecule has 0 radical (unpaired) electrons. The molecule has 0 bridgehead atoms. The maximum Gasteiger partial charge on any atom is 0.408 e. The number of hydrogen-bond donors (Lipinski definition) is 3. The molecule has 0 saturated heterocycles. The predicted octanol–water partition coefficient (Wildman–Crippen LogP) is 4.57. The summed E-state index contributed by atoms with van der Waals surface area (Å²) in [7, 11) is -4.25. The zero-order valence-electron chi connectivity index (χ0n) is 23.0. The summed E-state index contributed by atoms with van der Waals surface area (Å²) in [6.07, 6.45) is -0.333. The van der Waals surface area contributed by atoms with Gasteiger partial charge in [-0.1, -0.05) is 92.7 Å². The van der Waals surface area contributed by atoms with Crippen molar-refractivity contribution in [2.75, 3.05) is 6.61 Å². The lowest BCUT2D eigenvalue weighted by molar-refractivity contribution is -0.130.